The van der Waals surface area contributed by atoms with Crippen LogP contribution < -0.4 is 0 Å². The van der Waals surface area contributed by atoms with E-state index in [0.717, 1.165) is 6.92 Å². The number of hydrogen-bond donors (Lipinski definition) is 1. The van der Waals surface area contributed by atoms with Crippen molar-refractivity contribution in [2.75, 3.05) is 0 Å². The highest BCUT2D eigenvalue weighted by Crippen LogP contribution is 2.29. The summed E-state index contributed by atoms with van der Waals surface area (Å²) in [6, 6.07) is 0. The van der Waals surface area contributed by atoms with Crippen molar-refractivity contribution >= 4 is 5.97 Å². The molecule has 64 valence electrons. The van der Waals surface area contributed by atoms with Gasteiger partial charge in [0.2, 0.25) is 0 Å². The molecule has 0 aromatic carbocycles. The minimum absolute atomic E-state index is 1.00. The van der Waals surface area contributed by atoms with Crippen molar-refractivity contribution in [3.8, 4) is 0 Å². The Morgan fingerprint density at radius 1 is 1.73 bits per heavy atom. The highest BCUT2D eigenvalue weighted by atomic mass is 16.4. The van der Waals surface area contributed by atoms with Gasteiger partial charge in [0.05, 0.1) is 5.92 Å². The van der Waals surface area contributed by atoms with E-state index in [-0.39, 0.29) is 0 Å². The minimum atomic E-state index is -3.35. The van der Waals surface area contributed by atoms with Gasteiger partial charge < -0.3 is 5.11 Å². The topological polar surface area (TPSA) is 37.3 Å². The second kappa shape index (κ2) is 3.74. The average Bonchev–Trinajstić information content (AvgIpc) is 2.24. The largest absolute Gasteiger partial charge is 0.481 e. The summed E-state index contributed by atoms with van der Waals surface area (Å²) in [4.78, 5) is 11.0. The summed E-state index contributed by atoms with van der Waals surface area (Å²) >= 11 is 0. The number of carbonyl (C=O) groups is 1. The quantitative estimate of drug-likeness (QED) is 0.681. The fourth-order valence-corrected chi connectivity index (χ4v) is 0.750. The van der Waals surface area contributed by atoms with E-state index in [2.05, 4.69) is 0 Å². The van der Waals surface area contributed by atoms with E-state index < -0.39 is 49.7 Å². The van der Waals surface area contributed by atoms with Crippen molar-refractivity contribution in [2.45, 2.75) is 38.8 Å². The van der Waals surface area contributed by atoms with Gasteiger partial charge in [0.15, 0.2) is 0 Å². The number of carboxylic acid groups (broad SMARTS) is 1. The first-order valence-corrected chi connectivity index (χ1v) is 3.29. The van der Waals surface area contributed by atoms with Crippen LogP contribution in [0.15, 0.2) is 0 Å². The Morgan fingerprint density at radius 2 is 2.45 bits per heavy atom. The fraction of sp³-hybridized carbons (Fsp3) is 0.889. The van der Waals surface area contributed by atoms with E-state index in [1.54, 1.807) is 0 Å². The lowest BCUT2D eigenvalue weighted by molar-refractivity contribution is -0.143. The van der Waals surface area contributed by atoms with Gasteiger partial charge in [-0.1, -0.05) is 26.0 Å². The maximum absolute atomic E-state index is 11.0. The van der Waals surface area contributed by atoms with Gasteiger partial charge in [-0.05, 0) is 18.7 Å². The minimum Gasteiger partial charge on any atom is -0.481 e. The first-order chi connectivity index (χ1) is 8.56. The molecule has 1 fully saturated rings. The Kier molecular flexibility index (Phi) is 0.843. The summed E-state index contributed by atoms with van der Waals surface area (Å²) in [6.07, 6.45) is -13.6. The van der Waals surface area contributed by atoms with Gasteiger partial charge in [0.1, 0.15) is 0 Å². The van der Waals surface area contributed by atoms with E-state index in [9.17, 15) is 4.79 Å². The van der Waals surface area contributed by atoms with Crippen molar-refractivity contribution in [2.24, 2.45) is 11.8 Å². The van der Waals surface area contributed by atoms with Crippen molar-refractivity contribution in [1.29, 1.82) is 0 Å². The first-order valence-electron chi connectivity index (χ1n) is 7.79. The predicted molar refractivity (Wildman–Crippen MR) is 43.4 cm³/mol. The molecule has 0 bridgehead atoms. The van der Waals surface area contributed by atoms with Crippen LogP contribution in [0.2, 0.25) is 0 Å². The van der Waals surface area contributed by atoms with Crippen LogP contribution in [0.4, 0.5) is 0 Å². The third-order valence-electron chi connectivity index (χ3n) is 1.55. The molecule has 1 saturated carbocycles. The third-order valence-corrected chi connectivity index (χ3v) is 1.55. The second-order valence-electron chi connectivity index (χ2n) is 2.31. The van der Waals surface area contributed by atoms with Gasteiger partial charge in [-0.25, -0.2) is 0 Å². The van der Waals surface area contributed by atoms with Gasteiger partial charge >= 0.3 is 5.97 Å². The standard InChI is InChI=1S/C9H16O2/c1-7(9(10)11)8-5-3-2-4-6-8/h7-8H,2-6H2,1H3,(H,10,11)/i2D2,3D2,4D2,5D2,8D. The summed E-state index contributed by atoms with van der Waals surface area (Å²) in [6.45, 7) is 1.00. The lowest BCUT2D eigenvalue weighted by Crippen LogP contribution is -2.22. The third kappa shape index (κ3) is 2.21. The molecule has 0 aliphatic heterocycles. The van der Waals surface area contributed by atoms with Crippen molar-refractivity contribution in [3.63, 3.8) is 0 Å². The molecule has 0 aromatic heterocycles. The highest BCUT2D eigenvalue weighted by Gasteiger charge is 2.24. The lowest BCUT2D eigenvalue weighted by Gasteiger charge is -2.24. The number of hydrogen-bond acceptors (Lipinski definition) is 1. The molecule has 0 saturated heterocycles. The molecule has 1 aliphatic rings. The van der Waals surface area contributed by atoms with Crippen LogP contribution in [0, 0.1) is 11.8 Å². The smallest absolute Gasteiger partial charge is 0.306 e. The van der Waals surface area contributed by atoms with Crippen LogP contribution >= 0.6 is 0 Å². The molecule has 0 heterocycles. The highest BCUT2D eigenvalue weighted by molar-refractivity contribution is 5.69. The Bertz CT molecular complexity index is 433. The molecule has 1 N–H and O–H groups in total. The van der Waals surface area contributed by atoms with Crippen molar-refractivity contribution in [3.05, 3.63) is 0 Å². The van der Waals surface area contributed by atoms with Crippen LogP contribution in [-0.4, -0.2) is 11.1 Å². The molecule has 2 atom stereocenters. The number of rotatable bonds is 2. The van der Waals surface area contributed by atoms with E-state index in [1.165, 1.54) is 0 Å². The van der Waals surface area contributed by atoms with Crippen LogP contribution in [0.3, 0.4) is 0 Å². The van der Waals surface area contributed by atoms with E-state index in [1.807, 2.05) is 0 Å². The average molecular weight is 165 g/mol. The lowest BCUT2D eigenvalue weighted by atomic mass is 9.81. The number of aliphatic carboxylic acids is 1. The molecule has 0 amide bonds. The summed E-state index contributed by atoms with van der Waals surface area (Å²) in [7, 11) is 0. The van der Waals surface area contributed by atoms with E-state index in [4.69, 9.17) is 17.4 Å². The summed E-state index contributed by atoms with van der Waals surface area (Å²) < 4.78 is 69.2. The maximum Gasteiger partial charge on any atom is 0.306 e. The van der Waals surface area contributed by atoms with Crippen molar-refractivity contribution in [1.82, 2.24) is 0 Å². The normalized spacial score (nSPS) is 65.0. The zero-order valence-corrected chi connectivity index (χ0v) is 6.14. The fourth-order valence-electron chi connectivity index (χ4n) is 0.750. The molecular formula is C9H16O2. The van der Waals surface area contributed by atoms with E-state index >= 15 is 0 Å². The molecule has 1 aliphatic carbocycles. The molecule has 2 heteroatoms. The van der Waals surface area contributed by atoms with Gasteiger partial charge in [-0.3, -0.25) is 4.79 Å². The molecule has 0 spiro atoms. The Morgan fingerprint density at radius 3 is 3.09 bits per heavy atom. The Labute approximate surface area is 80.3 Å². The second-order valence-corrected chi connectivity index (χ2v) is 2.31. The maximum atomic E-state index is 11.0. The zero-order chi connectivity index (χ0) is 16.4. The number of carboxylic acids is 1. The van der Waals surface area contributed by atoms with E-state index in [0.29, 0.717) is 0 Å². The molecule has 2 nitrogen and oxygen atoms in total. The van der Waals surface area contributed by atoms with Crippen LogP contribution in [0.5, 0.6) is 0 Å². The molecule has 11 heavy (non-hydrogen) atoms. The zero-order valence-electron chi connectivity index (χ0n) is 15.1. The van der Waals surface area contributed by atoms with Crippen LogP contribution in [0.25, 0.3) is 0 Å². The SMILES string of the molecule is [2H]C1([2H])CC([2H])(C(C)C(=O)O)C([2H])([2H])C([2H])([2H])C1([2H])[2H]. The predicted octanol–water partition coefficient (Wildman–Crippen LogP) is 2.29. The van der Waals surface area contributed by atoms with Crippen LogP contribution in [-0.2, 0) is 4.79 Å². The van der Waals surface area contributed by atoms with Crippen molar-refractivity contribution < 1.29 is 22.2 Å². The molecular weight excluding hydrogens is 140 g/mol. The van der Waals surface area contributed by atoms with Gasteiger partial charge in [-0.2, -0.15) is 0 Å². The Hall–Kier alpha value is -0.530. The summed E-state index contributed by atoms with van der Waals surface area (Å²) in [5, 5.41) is 8.98. The Balaban J connectivity index is 3.56. The monoisotopic (exact) mass is 165 g/mol. The molecule has 0 radical (unpaired) electrons. The summed E-state index contributed by atoms with van der Waals surface area (Å²) in [5.41, 5.74) is 0. The van der Waals surface area contributed by atoms with Crippen LogP contribution in [0.1, 0.15) is 51.2 Å². The summed E-state index contributed by atoms with van der Waals surface area (Å²) in [5.74, 6) is -5.88. The van der Waals surface area contributed by atoms with Gasteiger partial charge in [0, 0.05) is 12.3 Å². The molecule has 1 rings (SSSR count). The molecule has 0 aromatic rings. The van der Waals surface area contributed by atoms with Gasteiger partial charge in [0.25, 0.3) is 0 Å². The first kappa shape index (κ1) is 2.48. The molecule has 2 unspecified atom stereocenters. The van der Waals surface area contributed by atoms with Gasteiger partial charge in [-0.15, -0.1) is 0 Å².